The van der Waals surface area contributed by atoms with E-state index in [2.05, 4.69) is 43.5 Å². The van der Waals surface area contributed by atoms with Gasteiger partial charge in [0.05, 0.1) is 23.9 Å². The number of nitrogens with one attached hydrogen (secondary N) is 1. The number of rotatable bonds is 10. The smallest absolute Gasteiger partial charge is 0.161 e. The molecule has 2 rings (SSSR count). The molecular weight excluding hydrogens is 418 g/mol. The number of aryl methyl sites for hydroxylation is 3. The Kier molecular flexibility index (Phi) is 15.6. The Hall–Kier alpha value is -1.98. The number of methoxy groups -OCH3 is 2. The van der Waals surface area contributed by atoms with Crippen LogP contribution < -0.4 is 14.2 Å². The highest BCUT2D eigenvalue weighted by atomic mass is 32.2. The standard InChI is InChI=1S/C13H20O2.C12H19NOS.C2H6/c1-5-7-11-9-13(15-4)12(14-3)8-10(11)6-2;1-4-5-10-13-15(3,14)12-9-7-6-8-11(12)2;1-2/h8-9H,5-7H2,1-4H3;6-9H,3-5,10H2,1-2H3,(H,13,14);1-2H3. The van der Waals surface area contributed by atoms with Gasteiger partial charge in [0.15, 0.2) is 11.5 Å². The average Bonchev–Trinajstić information content (AvgIpc) is 2.81. The van der Waals surface area contributed by atoms with Crippen LogP contribution in [0.25, 0.3) is 0 Å². The third-order valence-corrected chi connectivity index (χ3v) is 6.76. The van der Waals surface area contributed by atoms with Crippen molar-refractivity contribution in [2.24, 2.45) is 0 Å². The highest BCUT2D eigenvalue weighted by molar-refractivity contribution is 7.98. The lowest BCUT2D eigenvalue weighted by molar-refractivity contribution is 0.354. The van der Waals surface area contributed by atoms with Gasteiger partial charge >= 0.3 is 0 Å². The first-order chi connectivity index (χ1) is 15.3. The Bertz CT molecular complexity index is 876. The lowest BCUT2D eigenvalue weighted by atomic mass is 10.0. The van der Waals surface area contributed by atoms with Gasteiger partial charge in [-0.3, -0.25) is 0 Å². The van der Waals surface area contributed by atoms with Gasteiger partial charge in [-0.15, -0.1) is 0 Å². The van der Waals surface area contributed by atoms with Crippen LogP contribution in [0.1, 0.15) is 70.6 Å². The Morgan fingerprint density at radius 1 is 0.938 bits per heavy atom. The molecule has 0 aliphatic rings. The molecule has 5 heteroatoms. The Morgan fingerprint density at radius 3 is 1.97 bits per heavy atom. The molecular formula is C27H45NO3S. The van der Waals surface area contributed by atoms with Gasteiger partial charge in [-0.1, -0.05) is 65.7 Å². The summed E-state index contributed by atoms with van der Waals surface area (Å²) in [5.41, 5.74) is 3.76. The summed E-state index contributed by atoms with van der Waals surface area (Å²) in [5, 5.41) is 0. The minimum atomic E-state index is -2.31. The maximum atomic E-state index is 12.3. The highest BCUT2D eigenvalue weighted by Crippen LogP contribution is 2.31. The first-order valence-corrected chi connectivity index (χ1v) is 13.5. The van der Waals surface area contributed by atoms with Gasteiger partial charge in [0.1, 0.15) is 0 Å². The van der Waals surface area contributed by atoms with Crippen LogP contribution in [-0.2, 0) is 22.5 Å². The minimum absolute atomic E-state index is 0.757. The van der Waals surface area contributed by atoms with E-state index in [4.69, 9.17) is 9.47 Å². The number of hydrogen-bond acceptors (Lipinski definition) is 3. The molecule has 1 N–H and O–H groups in total. The van der Waals surface area contributed by atoms with Crippen molar-refractivity contribution in [3.05, 3.63) is 53.1 Å². The van der Waals surface area contributed by atoms with E-state index in [1.807, 2.05) is 45.0 Å². The van der Waals surface area contributed by atoms with Crippen LogP contribution >= 0.6 is 0 Å². The zero-order valence-corrected chi connectivity index (χ0v) is 22.4. The van der Waals surface area contributed by atoms with E-state index in [0.717, 1.165) is 60.6 Å². The first kappa shape index (κ1) is 30.0. The quantitative estimate of drug-likeness (QED) is 0.318. The zero-order valence-electron chi connectivity index (χ0n) is 21.5. The molecule has 0 spiro atoms. The van der Waals surface area contributed by atoms with E-state index < -0.39 is 9.71 Å². The van der Waals surface area contributed by atoms with Gasteiger partial charge in [-0.2, -0.15) is 0 Å². The van der Waals surface area contributed by atoms with Crippen LogP contribution in [0.15, 0.2) is 41.3 Å². The largest absolute Gasteiger partial charge is 0.493 e. The molecule has 2 aromatic rings. The fourth-order valence-electron chi connectivity index (χ4n) is 3.21. The fourth-order valence-corrected chi connectivity index (χ4v) is 4.73. The van der Waals surface area contributed by atoms with Gasteiger partial charge in [-0.25, -0.2) is 8.93 Å². The van der Waals surface area contributed by atoms with E-state index in [0.29, 0.717) is 0 Å². The van der Waals surface area contributed by atoms with Crippen molar-refractivity contribution in [1.82, 2.24) is 4.72 Å². The van der Waals surface area contributed by atoms with Crippen LogP contribution in [0, 0.1) is 6.92 Å². The molecule has 0 heterocycles. The van der Waals surface area contributed by atoms with Crippen LogP contribution in [0.3, 0.4) is 0 Å². The van der Waals surface area contributed by atoms with E-state index in [1.54, 1.807) is 14.2 Å². The zero-order chi connectivity index (χ0) is 24.6. The molecule has 4 nitrogen and oxygen atoms in total. The van der Waals surface area contributed by atoms with Crippen LogP contribution in [-0.4, -0.2) is 30.8 Å². The van der Waals surface area contributed by atoms with E-state index in [9.17, 15) is 4.21 Å². The normalized spacial score (nSPS) is 11.9. The molecule has 182 valence electrons. The topological polar surface area (TPSA) is 47.6 Å². The molecule has 0 aromatic heterocycles. The molecule has 1 atom stereocenters. The Labute approximate surface area is 197 Å². The SMILES string of the molecule is C=S(=O)(NCCCC)c1ccccc1C.CC.CCCc1cc(OC)c(OC)cc1CC. The van der Waals surface area contributed by atoms with Crippen LogP contribution in [0.4, 0.5) is 0 Å². The second-order valence-electron chi connectivity index (χ2n) is 7.27. The number of ether oxygens (including phenoxy) is 2. The Morgan fingerprint density at radius 2 is 1.50 bits per heavy atom. The van der Waals surface area contributed by atoms with E-state index in [-0.39, 0.29) is 0 Å². The lowest BCUT2D eigenvalue weighted by Crippen LogP contribution is -2.25. The average molecular weight is 464 g/mol. The summed E-state index contributed by atoms with van der Waals surface area (Å²) >= 11 is 0. The number of benzene rings is 2. The molecule has 0 radical (unpaired) electrons. The van der Waals surface area contributed by atoms with Crippen LogP contribution in [0.2, 0.25) is 0 Å². The molecule has 2 aromatic carbocycles. The van der Waals surface area contributed by atoms with E-state index >= 15 is 0 Å². The minimum Gasteiger partial charge on any atom is -0.493 e. The molecule has 0 bridgehead atoms. The van der Waals surface area contributed by atoms with Gasteiger partial charge in [-0.05, 0) is 66.9 Å². The third kappa shape index (κ3) is 9.66. The highest BCUT2D eigenvalue weighted by Gasteiger charge is 2.09. The maximum absolute atomic E-state index is 12.3. The third-order valence-electron chi connectivity index (χ3n) is 4.92. The van der Waals surface area contributed by atoms with Gasteiger partial charge in [0, 0.05) is 11.4 Å². The molecule has 0 saturated carbocycles. The summed E-state index contributed by atoms with van der Waals surface area (Å²) in [6, 6.07) is 11.9. The molecule has 32 heavy (non-hydrogen) atoms. The lowest BCUT2D eigenvalue weighted by Gasteiger charge is -2.13. The maximum Gasteiger partial charge on any atom is 0.161 e. The molecule has 1 unspecified atom stereocenters. The second-order valence-corrected chi connectivity index (χ2v) is 9.35. The molecule has 0 amide bonds. The summed E-state index contributed by atoms with van der Waals surface area (Å²) in [5.74, 6) is 5.45. The summed E-state index contributed by atoms with van der Waals surface area (Å²) in [6.07, 6.45) is 5.41. The molecule has 0 saturated heterocycles. The second kappa shape index (κ2) is 16.6. The first-order valence-electron chi connectivity index (χ1n) is 11.8. The predicted octanol–water partition coefficient (Wildman–Crippen LogP) is 6.62. The van der Waals surface area contributed by atoms with Crippen molar-refractivity contribution >= 4 is 15.6 Å². The summed E-state index contributed by atoms with van der Waals surface area (Å²) in [6.45, 7) is 13.2. The van der Waals surface area contributed by atoms with Crippen molar-refractivity contribution < 1.29 is 13.7 Å². The number of unbranched alkanes of at least 4 members (excludes halogenated alkanes) is 1. The fraction of sp³-hybridized carbons (Fsp3) is 0.519. The van der Waals surface area contributed by atoms with Gasteiger partial charge in [0.2, 0.25) is 0 Å². The van der Waals surface area contributed by atoms with Gasteiger partial charge in [0.25, 0.3) is 0 Å². The summed E-state index contributed by atoms with van der Waals surface area (Å²) < 4.78 is 25.9. The predicted molar refractivity (Wildman–Crippen MR) is 142 cm³/mol. The summed E-state index contributed by atoms with van der Waals surface area (Å²) in [7, 11) is 1.04. The molecule has 0 aliphatic heterocycles. The van der Waals surface area contributed by atoms with E-state index in [1.165, 1.54) is 11.1 Å². The molecule has 0 aliphatic carbocycles. The number of hydrogen-bond donors (Lipinski definition) is 1. The van der Waals surface area contributed by atoms with Crippen molar-refractivity contribution in [3.8, 4) is 11.5 Å². The van der Waals surface area contributed by atoms with Crippen LogP contribution in [0.5, 0.6) is 11.5 Å². The van der Waals surface area contributed by atoms with Crippen molar-refractivity contribution in [3.63, 3.8) is 0 Å². The Balaban J connectivity index is 0.000000557. The summed E-state index contributed by atoms with van der Waals surface area (Å²) in [4.78, 5) is 0.820. The van der Waals surface area contributed by atoms with Crippen molar-refractivity contribution in [1.29, 1.82) is 0 Å². The molecule has 0 fully saturated rings. The van der Waals surface area contributed by atoms with Crippen molar-refractivity contribution in [2.75, 3.05) is 20.8 Å². The van der Waals surface area contributed by atoms with Crippen molar-refractivity contribution in [2.45, 2.75) is 78.5 Å². The van der Waals surface area contributed by atoms with Gasteiger partial charge < -0.3 is 9.47 Å². The monoisotopic (exact) mass is 463 g/mol.